The average Bonchev–Trinajstić information content (AvgIpc) is 2.80. The maximum Gasteiger partial charge on any atom is 0.243 e. The molecule has 1 aromatic carbocycles. The van der Waals surface area contributed by atoms with Crippen molar-refractivity contribution in [2.24, 2.45) is 4.99 Å². The third kappa shape index (κ3) is 8.85. The van der Waals surface area contributed by atoms with E-state index in [9.17, 15) is 4.79 Å². The van der Waals surface area contributed by atoms with Gasteiger partial charge in [0.05, 0.1) is 19.3 Å². The van der Waals surface area contributed by atoms with Crippen molar-refractivity contribution in [2.75, 3.05) is 79.7 Å². The number of nitrogens with one attached hydrogen (secondary N) is 2. The Kier molecular flexibility index (Phi) is 11.3. The molecule has 1 atom stereocenters. The molecule has 0 radical (unpaired) electrons. The van der Waals surface area contributed by atoms with Crippen LogP contribution in [0.15, 0.2) is 35.3 Å². The van der Waals surface area contributed by atoms with Crippen LogP contribution in [0.5, 0.6) is 0 Å². The summed E-state index contributed by atoms with van der Waals surface area (Å²) in [6.07, 6.45) is 0. The Labute approximate surface area is 187 Å². The summed E-state index contributed by atoms with van der Waals surface area (Å²) in [7, 11) is 3.51. The Morgan fingerprint density at radius 1 is 1.13 bits per heavy atom. The number of benzene rings is 1. The van der Waals surface area contributed by atoms with Crippen LogP contribution in [0.25, 0.3) is 0 Å². The molecule has 1 amide bonds. The first-order valence-electron chi connectivity index (χ1n) is 11.4. The molecule has 2 N–H and O–H groups in total. The van der Waals surface area contributed by atoms with E-state index in [1.54, 1.807) is 19.0 Å². The number of nitrogens with zero attached hydrogens (tertiary/aromatic N) is 4. The lowest BCUT2D eigenvalue weighted by Gasteiger charge is -2.31. The van der Waals surface area contributed by atoms with Crippen LogP contribution in [0, 0.1) is 0 Å². The van der Waals surface area contributed by atoms with E-state index >= 15 is 0 Å². The minimum Gasteiger partial charge on any atom is -0.379 e. The molecule has 0 saturated carbocycles. The summed E-state index contributed by atoms with van der Waals surface area (Å²) in [4.78, 5) is 23.0. The van der Waals surface area contributed by atoms with E-state index in [4.69, 9.17) is 4.74 Å². The first kappa shape index (κ1) is 25.1. The van der Waals surface area contributed by atoms with Gasteiger partial charge < -0.3 is 20.3 Å². The van der Waals surface area contributed by atoms with Gasteiger partial charge in [-0.3, -0.25) is 14.6 Å². The number of aliphatic imine (C=N–C) groups is 1. The molecule has 1 saturated heterocycles. The van der Waals surface area contributed by atoms with Crippen molar-refractivity contribution in [3.8, 4) is 0 Å². The van der Waals surface area contributed by atoms with Crippen molar-refractivity contribution in [3.05, 3.63) is 35.9 Å². The summed E-state index contributed by atoms with van der Waals surface area (Å²) in [5, 5.41) is 6.89. The molecule has 0 aromatic heterocycles. The molecule has 1 heterocycles. The van der Waals surface area contributed by atoms with Gasteiger partial charge in [-0.25, -0.2) is 4.99 Å². The zero-order chi connectivity index (χ0) is 22.5. The van der Waals surface area contributed by atoms with Crippen LogP contribution in [0.1, 0.15) is 25.5 Å². The van der Waals surface area contributed by atoms with E-state index < -0.39 is 0 Å². The van der Waals surface area contributed by atoms with Gasteiger partial charge in [0.25, 0.3) is 0 Å². The minimum absolute atomic E-state index is 0.0161. The summed E-state index contributed by atoms with van der Waals surface area (Å²) < 4.78 is 5.42. The molecule has 0 aliphatic carbocycles. The summed E-state index contributed by atoms with van der Waals surface area (Å²) in [5.41, 5.74) is 1.27. The summed E-state index contributed by atoms with van der Waals surface area (Å²) in [6.45, 7) is 12.3. The quantitative estimate of drug-likeness (QED) is 0.402. The molecule has 1 aromatic rings. The predicted octanol–water partition coefficient (Wildman–Crippen LogP) is 1.03. The van der Waals surface area contributed by atoms with Gasteiger partial charge in [-0.15, -0.1) is 0 Å². The smallest absolute Gasteiger partial charge is 0.243 e. The number of carbonyl (C=O) groups is 1. The highest BCUT2D eigenvalue weighted by atomic mass is 16.5. The number of ether oxygens (including phenoxy) is 1. The molecule has 0 bridgehead atoms. The molecule has 2 rings (SSSR count). The fourth-order valence-electron chi connectivity index (χ4n) is 3.61. The lowest BCUT2D eigenvalue weighted by atomic mass is 10.1. The number of amides is 1. The summed E-state index contributed by atoms with van der Waals surface area (Å²) in [5.74, 6) is 0.661. The van der Waals surface area contributed by atoms with E-state index in [0.717, 1.165) is 52.5 Å². The normalized spacial score (nSPS) is 16.2. The van der Waals surface area contributed by atoms with E-state index in [2.05, 4.69) is 63.5 Å². The Morgan fingerprint density at radius 3 is 2.42 bits per heavy atom. The highest BCUT2D eigenvalue weighted by molar-refractivity contribution is 5.84. The number of hydrogen-bond donors (Lipinski definition) is 2. The third-order valence-corrected chi connectivity index (χ3v) is 5.60. The van der Waals surface area contributed by atoms with Crippen molar-refractivity contribution < 1.29 is 9.53 Å². The zero-order valence-corrected chi connectivity index (χ0v) is 19.6. The van der Waals surface area contributed by atoms with Crippen LogP contribution >= 0.6 is 0 Å². The van der Waals surface area contributed by atoms with Crippen molar-refractivity contribution in [1.82, 2.24) is 25.3 Å². The van der Waals surface area contributed by atoms with Crippen LogP contribution in [-0.2, 0) is 9.53 Å². The van der Waals surface area contributed by atoms with Gasteiger partial charge in [0.2, 0.25) is 5.91 Å². The minimum atomic E-state index is -0.0161. The molecule has 1 aliphatic rings. The van der Waals surface area contributed by atoms with E-state index in [1.807, 2.05) is 6.07 Å². The second-order valence-electron chi connectivity index (χ2n) is 7.86. The number of rotatable bonds is 11. The van der Waals surface area contributed by atoms with Crippen LogP contribution < -0.4 is 10.6 Å². The fraction of sp³-hybridized carbons (Fsp3) is 0.652. The van der Waals surface area contributed by atoms with Crippen LogP contribution in [0.3, 0.4) is 0 Å². The number of guanidine groups is 1. The maximum absolute atomic E-state index is 12.1. The van der Waals surface area contributed by atoms with Gasteiger partial charge in [0.15, 0.2) is 5.96 Å². The van der Waals surface area contributed by atoms with E-state index in [0.29, 0.717) is 12.5 Å². The Balaban J connectivity index is 2.02. The average molecular weight is 433 g/mol. The second kappa shape index (κ2) is 14.0. The third-order valence-electron chi connectivity index (χ3n) is 5.60. The molecule has 174 valence electrons. The molecular weight excluding hydrogens is 392 g/mol. The molecule has 8 nitrogen and oxygen atoms in total. The second-order valence-corrected chi connectivity index (χ2v) is 7.86. The number of likely N-dealkylation sites (N-methyl/N-ethyl adjacent to an activating group) is 2. The number of carbonyl (C=O) groups excluding carboxylic acids is 1. The van der Waals surface area contributed by atoms with Crippen molar-refractivity contribution in [2.45, 2.75) is 19.9 Å². The lowest BCUT2D eigenvalue weighted by Crippen LogP contribution is -2.47. The first-order valence-corrected chi connectivity index (χ1v) is 11.4. The van der Waals surface area contributed by atoms with E-state index in [-0.39, 0.29) is 18.5 Å². The van der Waals surface area contributed by atoms with Gasteiger partial charge in [0, 0.05) is 46.8 Å². The van der Waals surface area contributed by atoms with Crippen LogP contribution in [0.4, 0.5) is 0 Å². The molecule has 1 aliphatic heterocycles. The molecule has 31 heavy (non-hydrogen) atoms. The Hall–Kier alpha value is -2.16. The van der Waals surface area contributed by atoms with E-state index in [1.165, 1.54) is 5.56 Å². The molecule has 8 heteroatoms. The molecule has 0 spiro atoms. The number of hydrogen-bond acceptors (Lipinski definition) is 5. The van der Waals surface area contributed by atoms with Gasteiger partial charge in [-0.1, -0.05) is 44.2 Å². The van der Waals surface area contributed by atoms with Crippen molar-refractivity contribution in [3.63, 3.8) is 0 Å². The monoisotopic (exact) mass is 432 g/mol. The maximum atomic E-state index is 12.1. The topological polar surface area (TPSA) is 72.4 Å². The highest BCUT2D eigenvalue weighted by Crippen LogP contribution is 2.19. The first-order chi connectivity index (χ1) is 15.0. The summed E-state index contributed by atoms with van der Waals surface area (Å²) >= 11 is 0. The molecule has 1 fully saturated rings. The van der Waals surface area contributed by atoms with Gasteiger partial charge >= 0.3 is 0 Å². The number of morpholine rings is 1. The van der Waals surface area contributed by atoms with Gasteiger partial charge in [-0.2, -0.15) is 0 Å². The van der Waals surface area contributed by atoms with Gasteiger partial charge in [0.1, 0.15) is 6.54 Å². The fourth-order valence-corrected chi connectivity index (χ4v) is 3.61. The highest BCUT2D eigenvalue weighted by Gasteiger charge is 2.18. The lowest BCUT2D eigenvalue weighted by molar-refractivity contribution is -0.127. The van der Waals surface area contributed by atoms with Crippen molar-refractivity contribution in [1.29, 1.82) is 0 Å². The zero-order valence-electron chi connectivity index (χ0n) is 19.6. The predicted molar refractivity (Wildman–Crippen MR) is 126 cm³/mol. The summed E-state index contributed by atoms with van der Waals surface area (Å²) in [6, 6.07) is 10.8. The molecular formula is C23H40N6O2. The van der Waals surface area contributed by atoms with Crippen LogP contribution in [0.2, 0.25) is 0 Å². The largest absolute Gasteiger partial charge is 0.379 e. The van der Waals surface area contributed by atoms with Crippen LogP contribution in [-0.4, -0.2) is 106 Å². The van der Waals surface area contributed by atoms with Crippen molar-refractivity contribution >= 4 is 11.9 Å². The van der Waals surface area contributed by atoms with Gasteiger partial charge in [-0.05, 0) is 18.7 Å². The molecule has 1 unspecified atom stereocenters. The standard InChI is InChI=1S/C23H40N6O2/c1-5-29(6-2)21(20-10-8-7-9-11-20)18-25-23(26-19-22(30)27(3)4)24-12-13-28-14-16-31-17-15-28/h7-11,21H,5-6,12-19H2,1-4H3,(H2,24,25,26). The Bertz CT molecular complexity index is 657. The Morgan fingerprint density at radius 2 is 1.81 bits per heavy atom. The SMILES string of the molecule is CCN(CC)C(CNC(=NCC(=O)N(C)C)NCCN1CCOCC1)c1ccccc1.